The topological polar surface area (TPSA) is 58.6 Å². The number of aryl methyl sites for hydroxylation is 2. The number of hydrogen-bond donors (Lipinski definition) is 2. The molecule has 0 aliphatic rings. The second kappa shape index (κ2) is 7.29. The molecule has 1 rings (SSSR count). The average molecular weight is 279 g/mol. The maximum atomic E-state index is 11.7. The fourth-order valence-corrected chi connectivity index (χ4v) is 2.13. The molecule has 1 aromatic carbocycles. The molecule has 2 N–H and O–H groups in total. The molecule has 1 aromatic rings. The molecule has 0 saturated heterocycles. The van der Waals surface area contributed by atoms with E-state index in [0.29, 0.717) is 12.2 Å². The van der Waals surface area contributed by atoms with Crippen LogP contribution in [0.15, 0.2) is 18.2 Å². The third kappa shape index (κ3) is 6.06. The van der Waals surface area contributed by atoms with Gasteiger partial charge in [0.2, 0.25) is 0 Å². The first-order chi connectivity index (χ1) is 9.32. The van der Waals surface area contributed by atoms with Crippen LogP contribution in [-0.2, 0) is 4.79 Å². The number of hydrogen-bond acceptors (Lipinski definition) is 3. The molecule has 0 radical (unpaired) electrons. The minimum absolute atomic E-state index is 0.0366. The maximum Gasteiger partial charge on any atom is 0.258 e. The van der Waals surface area contributed by atoms with Gasteiger partial charge in [-0.3, -0.25) is 4.79 Å². The highest BCUT2D eigenvalue weighted by molar-refractivity contribution is 5.77. The fourth-order valence-electron chi connectivity index (χ4n) is 2.13. The molecule has 20 heavy (non-hydrogen) atoms. The highest BCUT2D eigenvalue weighted by atomic mass is 16.5. The minimum Gasteiger partial charge on any atom is -0.484 e. The van der Waals surface area contributed by atoms with Gasteiger partial charge in [0.05, 0.1) is 5.60 Å². The SMILES string of the molecule is CCCC(C)(O)CNC(=O)COc1cc(C)cc(C)c1. The predicted molar refractivity (Wildman–Crippen MR) is 80.0 cm³/mol. The molecule has 0 heterocycles. The van der Waals surface area contributed by atoms with Crippen LogP contribution in [0, 0.1) is 13.8 Å². The summed E-state index contributed by atoms with van der Waals surface area (Å²) in [6, 6.07) is 5.84. The zero-order chi connectivity index (χ0) is 15.2. The van der Waals surface area contributed by atoms with Gasteiger partial charge in [-0.05, 0) is 50.5 Å². The van der Waals surface area contributed by atoms with E-state index in [1.54, 1.807) is 6.92 Å². The summed E-state index contributed by atoms with van der Waals surface area (Å²) in [4.78, 5) is 11.7. The Morgan fingerprint density at radius 2 is 1.90 bits per heavy atom. The van der Waals surface area contributed by atoms with Gasteiger partial charge in [0, 0.05) is 6.54 Å². The van der Waals surface area contributed by atoms with E-state index in [1.807, 2.05) is 32.9 Å². The Kier molecular flexibility index (Phi) is 6.02. The first-order valence-corrected chi connectivity index (χ1v) is 7.02. The van der Waals surface area contributed by atoms with E-state index < -0.39 is 5.60 Å². The van der Waals surface area contributed by atoms with Crippen molar-refractivity contribution in [3.05, 3.63) is 29.3 Å². The smallest absolute Gasteiger partial charge is 0.258 e. The number of aliphatic hydroxyl groups is 1. The Bertz CT molecular complexity index is 435. The average Bonchev–Trinajstić information content (AvgIpc) is 2.33. The predicted octanol–water partition coefficient (Wildman–Crippen LogP) is 2.35. The standard InChI is InChI=1S/C16H25NO3/c1-5-6-16(4,19)11-17-15(18)10-20-14-8-12(2)7-13(3)9-14/h7-9,19H,5-6,10-11H2,1-4H3,(H,17,18). The zero-order valence-corrected chi connectivity index (χ0v) is 12.8. The van der Waals surface area contributed by atoms with Crippen LogP contribution in [0.2, 0.25) is 0 Å². The lowest BCUT2D eigenvalue weighted by Gasteiger charge is -2.22. The van der Waals surface area contributed by atoms with E-state index in [4.69, 9.17) is 4.74 Å². The fraction of sp³-hybridized carbons (Fsp3) is 0.562. The van der Waals surface area contributed by atoms with Crippen molar-refractivity contribution in [2.75, 3.05) is 13.2 Å². The van der Waals surface area contributed by atoms with E-state index in [0.717, 1.165) is 17.5 Å². The molecule has 4 heteroatoms. The molecule has 0 aliphatic heterocycles. The first kappa shape index (κ1) is 16.5. The van der Waals surface area contributed by atoms with Gasteiger partial charge in [0.15, 0.2) is 6.61 Å². The molecule has 0 bridgehead atoms. The van der Waals surface area contributed by atoms with Crippen LogP contribution < -0.4 is 10.1 Å². The summed E-state index contributed by atoms with van der Waals surface area (Å²) in [7, 11) is 0. The molecule has 1 atom stereocenters. The van der Waals surface area contributed by atoms with Crippen molar-refractivity contribution in [1.29, 1.82) is 0 Å². The van der Waals surface area contributed by atoms with Gasteiger partial charge in [-0.1, -0.05) is 19.4 Å². The highest BCUT2D eigenvalue weighted by Crippen LogP contribution is 2.16. The number of nitrogens with one attached hydrogen (secondary N) is 1. The van der Waals surface area contributed by atoms with Crippen molar-refractivity contribution in [3.63, 3.8) is 0 Å². The lowest BCUT2D eigenvalue weighted by molar-refractivity contribution is -0.124. The number of carbonyl (C=O) groups excluding carboxylic acids is 1. The van der Waals surface area contributed by atoms with E-state index in [1.165, 1.54) is 0 Å². The number of rotatable bonds is 7. The van der Waals surface area contributed by atoms with Crippen molar-refractivity contribution in [1.82, 2.24) is 5.32 Å². The van der Waals surface area contributed by atoms with Crippen molar-refractivity contribution < 1.29 is 14.6 Å². The molecule has 1 amide bonds. The summed E-state index contributed by atoms with van der Waals surface area (Å²) in [6.07, 6.45) is 1.53. The Morgan fingerprint density at radius 3 is 2.45 bits per heavy atom. The molecular weight excluding hydrogens is 254 g/mol. The summed E-state index contributed by atoms with van der Waals surface area (Å²) >= 11 is 0. The molecular formula is C16H25NO3. The van der Waals surface area contributed by atoms with Crippen LogP contribution in [0.5, 0.6) is 5.75 Å². The van der Waals surface area contributed by atoms with E-state index in [-0.39, 0.29) is 19.1 Å². The highest BCUT2D eigenvalue weighted by Gasteiger charge is 2.19. The summed E-state index contributed by atoms with van der Waals surface area (Å²) < 4.78 is 5.46. The third-order valence-electron chi connectivity index (χ3n) is 3.02. The van der Waals surface area contributed by atoms with Crippen molar-refractivity contribution in [2.24, 2.45) is 0 Å². The lowest BCUT2D eigenvalue weighted by atomic mass is 10.0. The van der Waals surface area contributed by atoms with Gasteiger partial charge in [-0.2, -0.15) is 0 Å². The van der Waals surface area contributed by atoms with Crippen molar-refractivity contribution >= 4 is 5.91 Å². The monoisotopic (exact) mass is 279 g/mol. The molecule has 112 valence electrons. The molecule has 4 nitrogen and oxygen atoms in total. The van der Waals surface area contributed by atoms with Crippen LogP contribution in [0.1, 0.15) is 37.8 Å². The summed E-state index contributed by atoms with van der Waals surface area (Å²) in [5, 5.41) is 12.7. The van der Waals surface area contributed by atoms with E-state index in [2.05, 4.69) is 11.4 Å². The number of amides is 1. The molecule has 1 unspecified atom stereocenters. The number of benzene rings is 1. The quantitative estimate of drug-likeness (QED) is 0.805. The molecule has 0 aromatic heterocycles. The van der Waals surface area contributed by atoms with Gasteiger partial charge < -0.3 is 15.2 Å². The van der Waals surface area contributed by atoms with Gasteiger partial charge in [0.25, 0.3) is 5.91 Å². The zero-order valence-electron chi connectivity index (χ0n) is 12.8. The summed E-state index contributed by atoms with van der Waals surface area (Å²) in [5.74, 6) is 0.471. The lowest BCUT2D eigenvalue weighted by Crippen LogP contribution is -2.42. The molecule has 0 saturated carbocycles. The Balaban J connectivity index is 2.40. The Labute approximate surface area is 121 Å². The molecule has 0 spiro atoms. The van der Waals surface area contributed by atoms with Gasteiger partial charge >= 0.3 is 0 Å². The molecule has 0 fully saturated rings. The van der Waals surface area contributed by atoms with Crippen LogP contribution in [0.3, 0.4) is 0 Å². The van der Waals surface area contributed by atoms with Crippen molar-refractivity contribution in [3.8, 4) is 5.75 Å². The third-order valence-corrected chi connectivity index (χ3v) is 3.02. The Morgan fingerprint density at radius 1 is 1.30 bits per heavy atom. The second-order valence-electron chi connectivity index (χ2n) is 5.64. The number of carbonyl (C=O) groups is 1. The Hall–Kier alpha value is -1.55. The second-order valence-corrected chi connectivity index (χ2v) is 5.64. The normalized spacial score (nSPS) is 13.7. The largest absolute Gasteiger partial charge is 0.484 e. The summed E-state index contributed by atoms with van der Waals surface area (Å²) in [5.41, 5.74) is 1.35. The van der Waals surface area contributed by atoms with Crippen LogP contribution in [0.25, 0.3) is 0 Å². The van der Waals surface area contributed by atoms with Gasteiger partial charge in [-0.25, -0.2) is 0 Å². The van der Waals surface area contributed by atoms with Crippen molar-refractivity contribution in [2.45, 2.75) is 46.1 Å². The minimum atomic E-state index is -0.857. The van der Waals surface area contributed by atoms with Crippen LogP contribution >= 0.6 is 0 Å². The van der Waals surface area contributed by atoms with E-state index >= 15 is 0 Å². The molecule has 0 aliphatic carbocycles. The van der Waals surface area contributed by atoms with Gasteiger partial charge in [0.1, 0.15) is 5.75 Å². The maximum absolute atomic E-state index is 11.7. The van der Waals surface area contributed by atoms with Crippen LogP contribution in [0.4, 0.5) is 0 Å². The summed E-state index contributed by atoms with van der Waals surface area (Å²) in [6.45, 7) is 7.91. The van der Waals surface area contributed by atoms with E-state index in [9.17, 15) is 9.90 Å². The number of ether oxygens (including phenoxy) is 1. The van der Waals surface area contributed by atoms with Gasteiger partial charge in [-0.15, -0.1) is 0 Å². The van der Waals surface area contributed by atoms with Crippen LogP contribution in [-0.4, -0.2) is 29.8 Å². The first-order valence-electron chi connectivity index (χ1n) is 7.02.